The number of carboxylic acids is 1. The van der Waals surface area contributed by atoms with E-state index in [-0.39, 0.29) is 24.1 Å². The zero-order chi connectivity index (χ0) is 13.8. The average Bonchev–Trinajstić information content (AvgIpc) is 2.96. The van der Waals surface area contributed by atoms with E-state index >= 15 is 0 Å². The van der Waals surface area contributed by atoms with Crippen LogP contribution in [0.1, 0.15) is 32.6 Å². The lowest BCUT2D eigenvalue weighted by molar-refractivity contribution is -0.141. The van der Waals surface area contributed by atoms with Crippen molar-refractivity contribution in [3.63, 3.8) is 0 Å². The van der Waals surface area contributed by atoms with Gasteiger partial charge in [-0.3, -0.25) is 4.79 Å². The van der Waals surface area contributed by atoms with Crippen molar-refractivity contribution >= 4 is 12.0 Å². The van der Waals surface area contributed by atoms with Gasteiger partial charge in [0.1, 0.15) is 0 Å². The molecule has 0 spiro atoms. The van der Waals surface area contributed by atoms with Crippen LogP contribution in [-0.2, 0) is 9.53 Å². The van der Waals surface area contributed by atoms with Crippen LogP contribution in [0, 0.1) is 11.8 Å². The van der Waals surface area contributed by atoms with Crippen LogP contribution in [0.4, 0.5) is 4.79 Å². The van der Waals surface area contributed by atoms with Crippen LogP contribution in [-0.4, -0.2) is 42.4 Å². The molecule has 2 fully saturated rings. The highest BCUT2D eigenvalue weighted by Gasteiger charge is 2.31. The Labute approximate surface area is 112 Å². The summed E-state index contributed by atoms with van der Waals surface area (Å²) in [5.74, 6) is -0.698. The summed E-state index contributed by atoms with van der Waals surface area (Å²) in [6.07, 6.45) is 3.10. The largest absolute Gasteiger partial charge is 0.481 e. The molecule has 2 aliphatic rings. The van der Waals surface area contributed by atoms with Gasteiger partial charge in [-0.1, -0.05) is 0 Å². The zero-order valence-electron chi connectivity index (χ0n) is 11.2. The Hall–Kier alpha value is -1.30. The van der Waals surface area contributed by atoms with Crippen molar-refractivity contribution in [3.05, 3.63) is 0 Å². The molecule has 3 N–H and O–H groups in total. The first kappa shape index (κ1) is 14.1. The second-order valence-corrected chi connectivity index (χ2v) is 5.52. The summed E-state index contributed by atoms with van der Waals surface area (Å²) in [6.45, 7) is 3.39. The molecule has 1 saturated carbocycles. The molecule has 108 valence electrons. The Morgan fingerprint density at radius 2 is 2.11 bits per heavy atom. The lowest BCUT2D eigenvalue weighted by Crippen LogP contribution is -2.43. The Morgan fingerprint density at radius 3 is 2.68 bits per heavy atom. The van der Waals surface area contributed by atoms with Crippen LogP contribution in [0.2, 0.25) is 0 Å². The Balaban J connectivity index is 1.66. The van der Waals surface area contributed by atoms with Gasteiger partial charge in [0, 0.05) is 25.1 Å². The number of carbonyl (C=O) groups excluding carboxylic acids is 1. The van der Waals surface area contributed by atoms with Gasteiger partial charge < -0.3 is 20.5 Å². The summed E-state index contributed by atoms with van der Waals surface area (Å²) in [4.78, 5) is 22.6. The molecule has 0 aromatic rings. The van der Waals surface area contributed by atoms with E-state index in [9.17, 15) is 9.59 Å². The van der Waals surface area contributed by atoms with Crippen molar-refractivity contribution in [2.24, 2.45) is 11.8 Å². The number of rotatable bonds is 4. The highest BCUT2D eigenvalue weighted by atomic mass is 16.5. The van der Waals surface area contributed by atoms with Crippen molar-refractivity contribution in [3.8, 4) is 0 Å². The first-order chi connectivity index (χ1) is 9.06. The van der Waals surface area contributed by atoms with E-state index in [4.69, 9.17) is 9.84 Å². The number of hydrogen-bond donors (Lipinski definition) is 3. The Bertz CT molecular complexity index is 348. The predicted octanol–water partition coefficient (Wildman–Crippen LogP) is 0.964. The fourth-order valence-electron chi connectivity index (χ4n) is 2.84. The van der Waals surface area contributed by atoms with Crippen molar-refractivity contribution in [2.75, 3.05) is 13.2 Å². The summed E-state index contributed by atoms with van der Waals surface area (Å²) in [5.41, 5.74) is 0. The molecular formula is C13H22N2O4. The number of hydrogen-bond acceptors (Lipinski definition) is 3. The van der Waals surface area contributed by atoms with Crippen molar-refractivity contribution < 1.29 is 19.4 Å². The molecule has 2 unspecified atom stereocenters. The number of carboxylic acid groups (broad SMARTS) is 1. The first-order valence-electron chi connectivity index (χ1n) is 6.95. The third-order valence-electron chi connectivity index (χ3n) is 4.18. The quantitative estimate of drug-likeness (QED) is 0.710. The molecule has 0 aromatic carbocycles. The van der Waals surface area contributed by atoms with Crippen LogP contribution in [0.5, 0.6) is 0 Å². The van der Waals surface area contributed by atoms with Gasteiger partial charge in [0.25, 0.3) is 0 Å². The monoisotopic (exact) mass is 270 g/mol. The minimum atomic E-state index is -0.762. The molecule has 4 atom stereocenters. The third kappa shape index (κ3) is 3.83. The summed E-state index contributed by atoms with van der Waals surface area (Å²) in [5, 5.41) is 14.6. The number of nitrogens with one attached hydrogen (secondary N) is 2. The lowest BCUT2D eigenvalue weighted by Gasteiger charge is -2.17. The summed E-state index contributed by atoms with van der Waals surface area (Å²) in [6, 6.07) is -0.214. The van der Waals surface area contributed by atoms with Gasteiger partial charge in [0.2, 0.25) is 0 Å². The van der Waals surface area contributed by atoms with E-state index in [1.165, 1.54) is 0 Å². The molecule has 1 aliphatic carbocycles. The molecular weight excluding hydrogens is 248 g/mol. The molecule has 19 heavy (non-hydrogen) atoms. The van der Waals surface area contributed by atoms with E-state index in [1.54, 1.807) is 0 Å². The van der Waals surface area contributed by atoms with Crippen molar-refractivity contribution in [2.45, 2.75) is 44.8 Å². The molecule has 1 saturated heterocycles. The minimum absolute atomic E-state index is 0.0154. The number of carbonyl (C=O) groups is 2. The molecule has 0 aromatic heterocycles. The normalized spacial score (nSPS) is 34.2. The van der Waals surface area contributed by atoms with E-state index in [1.807, 2.05) is 6.92 Å². The highest BCUT2D eigenvalue weighted by molar-refractivity contribution is 5.75. The van der Waals surface area contributed by atoms with E-state index in [0.29, 0.717) is 25.3 Å². The molecule has 1 heterocycles. The van der Waals surface area contributed by atoms with E-state index in [0.717, 1.165) is 19.4 Å². The molecule has 2 amide bonds. The summed E-state index contributed by atoms with van der Waals surface area (Å²) >= 11 is 0. The van der Waals surface area contributed by atoms with Crippen LogP contribution < -0.4 is 10.6 Å². The molecule has 6 heteroatoms. The number of ether oxygens (including phenoxy) is 1. The van der Waals surface area contributed by atoms with Crippen LogP contribution >= 0.6 is 0 Å². The minimum Gasteiger partial charge on any atom is -0.481 e. The lowest BCUT2D eigenvalue weighted by atomic mass is 10.0. The van der Waals surface area contributed by atoms with Crippen molar-refractivity contribution in [1.82, 2.24) is 10.6 Å². The molecule has 6 nitrogen and oxygen atoms in total. The fraction of sp³-hybridized carbons (Fsp3) is 0.846. The molecule has 1 aliphatic heterocycles. The van der Waals surface area contributed by atoms with Crippen LogP contribution in [0.15, 0.2) is 0 Å². The number of aliphatic carboxylic acids is 1. The average molecular weight is 270 g/mol. The molecule has 0 radical (unpaired) electrons. The van der Waals surface area contributed by atoms with Gasteiger partial charge in [-0.05, 0) is 32.6 Å². The van der Waals surface area contributed by atoms with Gasteiger partial charge in [0.05, 0.1) is 12.0 Å². The van der Waals surface area contributed by atoms with Gasteiger partial charge in [-0.25, -0.2) is 4.79 Å². The maximum Gasteiger partial charge on any atom is 0.315 e. The van der Waals surface area contributed by atoms with E-state index in [2.05, 4.69) is 10.6 Å². The smallest absolute Gasteiger partial charge is 0.315 e. The zero-order valence-corrected chi connectivity index (χ0v) is 11.2. The highest BCUT2D eigenvalue weighted by Crippen LogP contribution is 2.25. The maximum atomic E-state index is 11.7. The van der Waals surface area contributed by atoms with Crippen LogP contribution in [0.25, 0.3) is 0 Å². The standard InChI is InChI=1S/C13H22N2O4/c1-8-10(4-5-19-8)7-14-13(18)15-11-3-2-9(6-11)12(16)17/h8-11H,2-7H2,1H3,(H,16,17)(H2,14,15,18)/t8?,9-,10?,11+/m1/s1. The fourth-order valence-corrected chi connectivity index (χ4v) is 2.84. The van der Waals surface area contributed by atoms with E-state index < -0.39 is 5.97 Å². The number of urea groups is 1. The van der Waals surface area contributed by atoms with Crippen molar-refractivity contribution in [1.29, 1.82) is 0 Å². The topological polar surface area (TPSA) is 87.7 Å². The maximum absolute atomic E-state index is 11.7. The van der Waals surface area contributed by atoms with Gasteiger partial charge in [0.15, 0.2) is 0 Å². The Morgan fingerprint density at radius 1 is 1.32 bits per heavy atom. The second-order valence-electron chi connectivity index (χ2n) is 5.52. The SMILES string of the molecule is CC1OCCC1CNC(=O)N[C@H]1CC[C@@H](C(=O)O)C1. The van der Waals surface area contributed by atoms with Gasteiger partial charge in [-0.2, -0.15) is 0 Å². The number of amides is 2. The van der Waals surface area contributed by atoms with Crippen LogP contribution in [0.3, 0.4) is 0 Å². The Kier molecular flexibility index (Phi) is 4.63. The first-order valence-corrected chi connectivity index (χ1v) is 6.95. The summed E-state index contributed by atoms with van der Waals surface area (Å²) < 4.78 is 5.43. The summed E-state index contributed by atoms with van der Waals surface area (Å²) in [7, 11) is 0. The molecule has 2 rings (SSSR count). The predicted molar refractivity (Wildman–Crippen MR) is 68.8 cm³/mol. The van der Waals surface area contributed by atoms with Gasteiger partial charge in [-0.15, -0.1) is 0 Å². The third-order valence-corrected chi connectivity index (χ3v) is 4.18. The second kappa shape index (κ2) is 6.23. The molecule has 0 bridgehead atoms. The van der Waals surface area contributed by atoms with Gasteiger partial charge >= 0.3 is 12.0 Å².